The summed E-state index contributed by atoms with van der Waals surface area (Å²) in [5, 5.41) is 9.61. The van der Waals surface area contributed by atoms with E-state index in [9.17, 15) is 22.7 Å². The third-order valence-electron chi connectivity index (χ3n) is 4.48. The number of hydrogen-bond acceptors (Lipinski definition) is 4. The van der Waals surface area contributed by atoms with E-state index in [0.717, 1.165) is 3.97 Å². The molecule has 0 aliphatic rings. The van der Waals surface area contributed by atoms with Crippen LogP contribution in [0.4, 0.5) is 9.18 Å². The second kappa shape index (κ2) is 8.50. The molecule has 9 heteroatoms. The highest BCUT2D eigenvalue weighted by molar-refractivity contribution is 7.90. The number of nitrogens with zero attached hydrogens (tertiary/aromatic N) is 3. The lowest BCUT2D eigenvalue weighted by molar-refractivity contribution is 0.123. The summed E-state index contributed by atoms with van der Waals surface area (Å²) in [6.45, 7) is 6.05. The molecule has 3 aromatic rings. The molecule has 0 fully saturated rings. The summed E-state index contributed by atoms with van der Waals surface area (Å²) in [6, 6.07) is 10.0. The molecule has 0 bridgehead atoms. The Kier molecular flexibility index (Phi) is 6.17. The van der Waals surface area contributed by atoms with Crippen LogP contribution in [0.25, 0.3) is 11.3 Å². The molecule has 1 aromatic carbocycles. The Morgan fingerprint density at radius 2 is 1.87 bits per heavy atom. The van der Waals surface area contributed by atoms with Crippen molar-refractivity contribution in [3.63, 3.8) is 0 Å². The number of rotatable bonds is 6. The van der Waals surface area contributed by atoms with E-state index < -0.39 is 21.9 Å². The second-order valence-corrected chi connectivity index (χ2v) is 10.2. The van der Waals surface area contributed by atoms with Crippen LogP contribution in [0.2, 0.25) is 0 Å². The largest absolute Gasteiger partial charge is 0.465 e. The summed E-state index contributed by atoms with van der Waals surface area (Å²) < 4.78 is 41.1. The van der Waals surface area contributed by atoms with Gasteiger partial charge in [0, 0.05) is 25.1 Å². The maximum absolute atomic E-state index is 13.4. The van der Waals surface area contributed by atoms with Crippen molar-refractivity contribution in [2.75, 3.05) is 6.54 Å². The second-order valence-electron chi connectivity index (χ2n) is 8.43. The third kappa shape index (κ3) is 5.29. The van der Waals surface area contributed by atoms with E-state index in [4.69, 9.17) is 0 Å². The van der Waals surface area contributed by atoms with E-state index in [1.807, 2.05) is 20.8 Å². The predicted molar refractivity (Wildman–Crippen MR) is 115 cm³/mol. The maximum Gasteiger partial charge on any atom is 0.407 e. The molecule has 2 aromatic heterocycles. The van der Waals surface area contributed by atoms with Gasteiger partial charge in [0.05, 0.1) is 12.2 Å². The minimum absolute atomic E-state index is 0.00899. The lowest BCUT2D eigenvalue weighted by atomic mass is 9.96. The highest BCUT2D eigenvalue weighted by Gasteiger charge is 2.25. The Balaban J connectivity index is 2.10. The molecule has 164 valence electrons. The van der Waals surface area contributed by atoms with E-state index in [-0.39, 0.29) is 23.4 Å². The number of pyridine rings is 1. The number of hydrogen-bond donors (Lipinski definition) is 1. The van der Waals surface area contributed by atoms with E-state index in [0.29, 0.717) is 16.8 Å². The molecule has 0 aliphatic heterocycles. The number of benzene rings is 1. The Hall–Kier alpha value is -3.20. The van der Waals surface area contributed by atoms with Crippen molar-refractivity contribution in [2.45, 2.75) is 32.2 Å². The van der Waals surface area contributed by atoms with Crippen LogP contribution in [0.1, 0.15) is 26.3 Å². The van der Waals surface area contributed by atoms with Gasteiger partial charge in [-0.1, -0.05) is 20.8 Å². The molecule has 0 spiro atoms. The molecule has 0 aliphatic carbocycles. The summed E-state index contributed by atoms with van der Waals surface area (Å²) in [4.78, 5) is 16.9. The number of halogens is 1. The normalized spacial score (nSPS) is 12.0. The first kappa shape index (κ1) is 22.5. The average Bonchev–Trinajstić information content (AvgIpc) is 3.12. The highest BCUT2D eigenvalue weighted by Crippen LogP contribution is 2.28. The average molecular weight is 446 g/mol. The van der Waals surface area contributed by atoms with Crippen molar-refractivity contribution >= 4 is 16.1 Å². The molecular formula is C22H24FN3O4S. The molecule has 0 unspecified atom stereocenters. The van der Waals surface area contributed by atoms with Gasteiger partial charge in [0.15, 0.2) is 0 Å². The lowest BCUT2D eigenvalue weighted by Gasteiger charge is -2.27. The standard InChI is InChI=1S/C22H24FN3O4S/c1-22(2,3)15-25(21(27)28)13-16-11-20(17-6-8-18(23)9-7-17)26(14-16)31(29,30)19-5-4-10-24-12-19/h4-12,14H,13,15H2,1-3H3,(H,27,28). The number of amides is 1. The fourth-order valence-electron chi connectivity index (χ4n) is 3.21. The molecule has 1 amide bonds. The van der Waals surface area contributed by atoms with Gasteiger partial charge < -0.3 is 10.0 Å². The molecule has 31 heavy (non-hydrogen) atoms. The zero-order chi connectivity index (χ0) is 22.8. The minimum Gasteiger partial charge on any atom is -0.465 e. The first-order valence-electron chi connectivity index (χ1n) is 9.58. The Morgan fingerprint density at radius 3 is 2.42 bits per heavy atom. The first-order valence-corrected chi connectivity index (χ1v) is 11.0. The van der Waals surface area contributed by atoms with Crippen LogP contribution in [0, 0.1) is 11.2 Å². The first-order chi connectivity index (χ1) is 14.5. The van der Waals surface area contributed by atoms with Crippen LogP contribution in [-0.4, -0.2) is 40.0 Å². The van der Waals surface area contributed by atoms with Crippen molar-refractivity contribution in [1.29, 1.82) is 0 Å². The van der Waals surface area contributed by atoms with E-state index in [2.05, 4.69) is 4.98 Å². The summed E-state index contributed by atoms with van der Waals surface area (Å²) in [5.74, 6) is -0.445. The summed E-state index contributed by atoms with van der Waals surface area (Å²) in [5.41, 5.74) is 1.01. The van der Waals surface area contributed by atoms with Crippen LogP contribution in [0.5, 0.6) is 0 Å². The number of aromatic nitrogens is 2. The van der Waals surface area contributed by atoms with Gasteiger partial charge in [0.2, 0.25) is 0 Å². The van der Waals surface area contributed by atoms with E-state index in [1.54, 1.807) is 6.07 Å². The Bertz CT molecular complexity index is 1170. The minimum atomic E-state index is -4.00. The van der Waals surface area contributed by atoms with Gasteiger partial charge in [0.25, 0.3) is 10.0 Å². The Morgan fingerprint density at radius 1 is 1.19 bits per heavy atom. The van der Waals surface area contributed by atoms with Gasteiger partial charge >= 0.3 is 6.09 Å². The van der Waals surface area contributed by atoms with Gasteiger partial charge in [-0.3, -0.25) is 4.98 Å². The van der Waals surface area contributed by atoms with Crippen molar-refractivity contribution in [3.05, 3.63) is 72.4 Å². The Labute approximate surface area is 180 Å². The van der Waals surface area contributed by atoms with Crippen LogP contribution < -0.4 is 0 Å². The molecule has 7 nitrogen and oxygen atoms in total. The highest BCUT2D eigenvalue weighted by atomic mass is 32.2. The maximum atomic E-state index is 13.4. The molecule has 3 rings (SSSR count). The summed E-state index contributed by atoms with van der Waals surface area (Å²) in [6.07, 6.45) is 3.02. The molecule has 0 atom stereocenters. The lowest BCUT2D eigenvalue weighted by Crippen LogP contribution is -2.36. The monoisotopic (exact) mass is 445 g/mol. The SMILES string of the molecule is CC(C)(C)CN(Cc1cc(-c2ccc(F)cc2)n(S(=O)(=O)c2cccnc2)c1)C(=O)O. The molecule has 0 saturated carbocycles. The van der Waals surface area contributed by atoms with Crippen LogP contribution in [0.15, 0.2) is 66.0 Å². The topological polar surface area (TPSA) is 92.5 Å². The van der Waals surface area contributed by atoms with Crippen molar-refractivity contribution in [1.82, 2.24) is 13.9 Å². The van der Waals surface area contributed by atoms with Crippen molar-refractivity contribution < 1.29 is 22.7 Å². The molecule has 1 N–H and O–H groups in total. The van der Waals surface area contributed by atoms with Gasteiger partial charge in [-0.15, -0.1) is 0 Å². The van der Waals surface area contributed by atoms with Gasteiger partial charge in [-0.25, -0.2) is 21.6 Å². The van der Waals surface area contributed by atoms with E-state index >= 15 is 0 Å². The number of carboxylic acid groups (broad SMARTS) is 1. The zero-order valence-corrected chi connectivity index (χ0v) is 18.3. The van der Waals surface area contributed by atoms with Gasteiger partial charge in [-0.2, -0.15) is 0 Å². The van der Waals surface area contributed by atoms with Crippen LogP contribution in [-0.2, 0) is 16.6 Å². The smallest absolute Gasteiger partial charge is 0.407 e. The summed E-state index contributed by atoms with van der Waals surface area (Å²) in [7, 11) is -4.00. The van der Waals surface area contributed by atoms with Gasteiger partial charge in [0.1, 0.15) is 10.7 Å². The summed E-state index contributed by atoms with van der Waals surface area (Å²) >= 11 is 0. The molecule has 2 heterocycles. The molecule has 0 radical (unpaired) electrons. The van der Waals surface area contributed by atoms with Crippen LogP contribution in [0.3, 0.4) is 0 Å². The predicted octanol–water partition coefficient (Wildman–Crippen LogP) is 4.45. The quantitative estimate of drug-likeness (QED) is 0.605. The third-order valence-corrected chi connectivity index (χ3v) is 6.14. The molecular weight excluding hydrogens is 421 g/mol. The van der Waals surface area contributed by atoms with Crippen LogP contribution >= 0.6 is 0 Å². The zero-order valence-electron chi connectivity index (χ0n) is 17.5. The number of carbonyl (C=O) groups is 1. The molecule has 0 saturated heterocycles. The fraction of sp³-hybridized carbons (Fsp3) is 0.273. The van der Waals surface area contributed by atoms with Crippen molar-refractivity contribution in [2.24, 2.45) is 5.41 Å². The van der Waals surface area contributed by atoms with Gasteiger partial charge in [-0.05, 0) is 59.0 Å². The van der Waals surface area contributed by atoms with Crippen molar-refractivity contribution in [3.8, 4) is 11.3 Å². The fourth-order valence-corrected chi connectivity index (χ4v) is 4.57. The van der Waals surface area contributed by atoms with E-state index in [1.165, 1.54) is 59.9 Å².